The Balaban J connectivity index is 3.39. The zero-order chi connectivity index (χ0) is 30.9. The summed E-state index contributed by atoms with van der Waals surface area (Å²) in [5.41, 5.74) is 0. The second-order valence-corrected chi connectivity index (χ2v) is 15.5. The van der Waals surface area contributed by atoms with Crippen molar-refractivity contribution in [3.63, 3.8) is 0 Å². The Morgan fingerprint density at radius 3 is 0.619 bits per heavy atom. The predicted octanol–water partition coefficient (Wildman–Crippen LogP) is 16.1. The summed E-state index contributed by atoms with van der Waals surface area (Å²) < 4.78 is 0. The quantitative estimate of drug-likeness (QED) is 0.0644. The van der Waals surface area contributed by atoms with Gasteiger partial charge in [0.15, 0.2) is 0 Å². The average Bonchev–Trinajstić information content (AvgIpc) is 2.97. The summed E-state index contributed by atoms with van der Waals surface area (Å²) in [5.74, 6) is 3.81. The molecule has 254 valence electrons. The van der Waals surface area contributed by atoms with Crippen molar-refractivity contribution in [1.29, 1.82) is 0 Å². The van der Waals surface area contributed by atoms with Crippen LogP contribution in [0, 0.1) is 23.7 Å². The third kappa shape index (κ3) is 32.9. The third-order valence-corrected chi connectivity index (χ3v) is 10.5. The van der Waals surface area contributed by atoms with Gasteiger partial charge in [-0.15, -0.1) is 0 Å². The maximum atomic E-state index is 2.52. The molecule has 0 aromatic carbocycles. The van der Waals surface area contributed by atoms with Gasteiger partial charge in [0.05, 0.1) is 0 Å². The van der Waals surface area contributed by atoms with Crippen molar-refractivity contribution in [2.45, 2.75) is 247 Å². The molecule has 42 heavy (non-hydrogen) atoms. The van der Waals surface area contributed by atoms with Crippen LogP contribution in [-0.2, 0) is 0 Å². The standard InChI is InChI=1S/C42H86/c1-7-9-11-13-14-15-16-17-20-25-31-39(3)35-28-23-29-36-40(4)32-26-21-18-22-27-34-42(6)38-30-37-41(5)33-24-19-12-10-8-2/h39-42H,7-38H2,1-6H3. The van der Waals surface area contributed by atoms with E-state index >= 15 is 0 Å². The molecule has 0 radical (unpaired) electrons. The minimum absolute atomic E-state index is 0.949. The smallest absolute Gasteiger partial charge is 0.0443 e. The van der Waals surface area contributed by atoms with Crippen LogP contribution in [0.4, 0.5) is 0 Å². The molecule has 0 aliphatic carbocycles. The zero-order valence-electron chi connectivity index (χ0n) is 30.9. The van der Waals surface area contributed by atoms with E-state index in [9.17, 15) is 0 Å². The Bertz CT molecular complexity index is 480. The lowest BCUT2D eigenvalue weighted by atomic mass is 9.92. The van der Waals surface area contributed by atoms with Crippen LogP contribution in [-0.4, -0.2) is 0 Å². The lowest BCUT2D eigenvalue weighted by Crippen LogP contribution is -1.99. The van der Waals surface area contributed by atoms with Crippen LogP contribution in [0.15, 0.2) is 0 Å². The average molecular weight is 591 g/mol. The summed E-state index contributed by atoms with van der Waals surface area (Å²) in [4.78, 5) is 0. The Morgan fingerprint density at radius 2 is 0.381 bits per heavy atom. The first-order chi connectivity index (χ1) is 20.5. The summed E-state index contributed by atoms with van der Waals surface area (Å²) in [6.45, 7) is 14.7. The van der Waals surface area contributed by atoms with E-state index in [4.69, 9.17) is 0 Å². The molecular weight excluding hydrogens is 504 g/mol. The van der Waals surface area contributed by atoms with Crippen LogP contribution in [0.2, 0.25) is 0 Å². The van der Waals surface area contributed by atoms with Gasteiger partial charge in [0.1, 0.15) is 0 Å². The van der Waals surface area contributed by atoms with E-state index in [2.05, 4.69) is 41.5 Å². The maximum absolute atomic E-state index is 2.52. The van der Waals surface area contributed by atoms with Crippen molar-refractivity contribution in [1.82, 2.24) is 0 Å². The number of hydrogen-bond acceptors (Lipinski definition) is 0. The van der Waals surface area contributed by atoms with E-state index in [-0.39, 0.29) is 0 Å². The summed E-state index contributed by atoms with van der Waals surface area (Å²) in [6, 6.07) is 0. The summed E-state index contributed by atoms with van der Waals surface area (Å²) >= 11 is 0. The largest absolute Gasteiger partial charge is 0.0654 e. The Morgan fingerprint density at radius 1 is 0.214 bits per heavy atom. The minimum Gasteiger partial charge on any atom is -0.0654 e. The first-order valence-corrected chi connectivity index (χ1v) is 20.5. The van der Waals surface area contributed by atoms with Gasteiger partial charge >= 0.3 is 0 Å². The second kappa shape index (κ2) is 33.9. The van der Waals surface area contributed by atoms with E-state index in [1.54, 1.807) is 0 Å². The lowest BCUT2D eigenvalue weighted by Gasteiger charge is -2.15. The second-order valence-electron chi connectivity index (χ2n) is 15.5. The van der Waals surface area contributed by atoms with Crippen molar-refractivity contribution in [3.05, 3.63) is 0 Å². The van der Waals surface area contributed by atoms with E-state index < -0.39 is 0 Å². The third-order valence-electron chi connectivity index (χ3n) is 10.5. The normalized spacial score (nSPS) is 14.7. The minimum atomic E-state index is 0.949. The summed E-state index contributed by atoms with van der Waals surface area (Å²) in [5, 5.41) is 0. The van der Waals surface area contributed by atoms with Crippen LogP contribution in [0.25, 0.3) is 0 Å². The highest BCUT2D eigenvalue weighted by atomic mass is 14.1. The van der Waals surface area contributed by atoms with E-state index in [0.29, 0.717) is 0 Å². The van der Waals surface area contributed by atoms with Gasteiger partial charge in [-0.05, 0) is 23.7 Å². The molecule has 0 rings (SSSR count). The van der Waals surface area contributed by atoms with E-state index in [1.807, 2.05) is 0 Å². The van der Waals surface area contributed by atoms with Crippen molar-refractivity contribution < 1.29 is 0 Å². The lowest BCUT2D eigenvalue weighted by molar-refractivity contribution is 0.388. The Kier molecular flexibility index (Phi) is 33.9. The molecule has 0 saturated carbocycles. The topological polar surface area (TPSA) is 0 Å². The molecule has 0 aliphatic heterocycles. The highest BCUT2D eigenvalue weighted by Gasteiger charge is 2.07. The number of rotatable bonds is 35. The predicted molar refractivity (Wildman–Crippen MR) is 196 cm³/mol. The Hall–Kier alpha value is 0. The van der Waals surface area contributed by atoms with Crippen molar-refractivity contribution >= 4 is 0 Å². The van der Waals surface area contributed by atoms with Gasteiger partial charge in [-0.3, -0.25) is 0 Å². The molecule has 0 aromatic rings. The molecule has 4 atom stereocenters. The monoisotopic (exact) mass is 591 g/mol. The fourth-order valence-corrected chi connectivity index (χ4v) is 7.15. The molecule has 0 heteroatoms. The van der Waals surface area contributed by atoms with Crippen LogP contribution in [0.3, 0.4) is 0 Å². The molecule has 0 aromatic heterocycles. The molecular formula is C42H86. The molecule has 0 nitrogen and oxygen atoms in total. The van der Waals surface area contributed by atoms with Gasteiger partial charge in [0.25, 0.3) is 0 Å². The fraction of sp³-hybridized carbons (Fsp3) is 1.00. The van der Waals surface area contributed by atoms with E-state index in [1.165, 1.54) is 205 Å². The van der Waals surface area contributed by atoms with Crippen LogP contribution >= 0.6 is 0 Å². The first kappa shape index (κ1) is 42.0. The van der Waals surface area contributed by atoms with Gasteiger partial charge in [0, 0.05) is 0 Å². The number of unbranched alkanes of at least 4 members (excludes halogenated alkanes) is 19. The SMILES string of the molecule is CCCCCCCCCCCCC(C)CCCCCC(C)CCCCCCCC(C)CCCC(C)CCCCCCC. The molecule has 0 saturated heterocycles. The maximum Gasteiger partial charge on any atom is -0.0443 e. The van der Waals surface area contributed by atoms with Gasteiger partial charge in [0.2, 0.25) is 0 Å². The molecule has 0 amide bonds. The van der Waals surface area contributed by atoms with Crippen LogP contribution < -0.4 is 0 Å². The van der Waals surface area contributed by atoms with Crippen molar-refractivity contribution in [3.8, 4) is 0 Å². The molecule has 0 fully saturated rings. The van der Waals surface area contributed by atoms with Gasteiger partial charge < -0.3 is 0 Å². The highest BCUT2D eigenvalue weighted by Crippen LogP contribution is 2.23. The highest BCUT2D eigenvalue weighted by molar-refractivity contribution is 4.61. The number of hydrogen-bond donors (Lipinski definition) is 0. The molecule has 4 unspecified atom stereocenters. The van der Waals surface area contributed by atoms with Crippen molar-refractivity contribution in [2.75, 3.05) is 0 Å². The summed E-state index contributed by atoms with van der Waals surface area (Å²) in [6.07, 6.45) is 46.9. The van der Waals surface area contributed by atoms with Crippen molar-refractivity contribution in [2.24, 2.45) is 23.7 Å². The molecule has 0 bridgehead atoms. The molecule has 0 heterocycles. The zero-order valence-corrected chi connectivity index (χ0v) is 30.9. The van der Waals surface area contributed by atoms with Crippen LogP contribution in [0.1, 0.15) is 247 Å². The molecule has 0 N–H and O–H groups in total. The Labute approximate surface area is 270 Å². The molecule has 0 aliphatic rings. The van der Waals surface area contributed by atoms with Gasteiger partial charge in [-0.25, -0.2) is 0 Å². The summed E-state index contributed by atoms with van der Waals surface area (Å²) in [7, 11) is 0. The molecule has 0 spiro atoms. The van der Waals surface area contributed by atoms with E-state index in [0.717, 1.165) is 23.7 Å². The van der Waals surface area contributed by atoms with Gasteiger partial charge in [-0.1, -0.05) is 247 Å². The van der Waals surface area contributed by atoms with Gasteiger partial charge in [-0.2, -0.15) is 0 Å². The first-order valence-electron chi connectivity index (χ1n) is 20.5. The fourth-order valence-electron chi connectivity index (χ4n) is 7.15. The van der Waals surface area contributed by atoms with Crippen LogP contribution in [0.5, 0.6) is 0 Å².